The van der Waals surface area contributed by atoms with E-state index in [1.165, 1.54) is 12.1 Å². The number of rotatable bonds is 8. The van der Waals surface area contributed by atoms with Crippen LogP contribution in [0.2, 0.25) is 0 Å². The standard InChI is InChI=1S/C17H21NO5S/c1-22-15-7-3-13(4-8-15)11-18-12-17(19)14-5-9-16(10-6-14)23-24(2,20)21/h3-10,17-19H,11-12H2,1-2H3/t17-/m0/s1. The molecule has 0 saturated heterocycles. The summed E-state index contributed by atoms with van der Waals surface area (Å²) in [7, 11) is -1.92. The summed E-state index contributed by atoms with van der Waals surface area (Å²) in [6.45, 7) is 0.995. The van der Waals surface area contributed by atoms with E-state index in [4.69, 9.17) is 8.92 Å². The van der Waals surface area contributed by atoms with Crippen molar-refractivity contribution in [3.05, 3.63) is 59.7 Å². The molecule has 2 rings (SSSR count). The highest BCUT2D eigenvalue weighted by molar-refractivity contribution is 7.86. The Balaban J connectivity index is 1.84. The Kier molecular flexibility index (Phi) is 6.19. The second kappa shape index (κ2) is 8.14. The minimum atomic E-state index is -3.54. The molecule has 0 radical (unpaired) electrons. The molecule has 7 heteroatoms. The summed E-state index contributed by atoms with van der Waals surface area (Å²) in [5, 5.41) is 13.3. The van der Waals surface area contributed by atoms with Gasteiger partial charge in [-0.1, -0.05) is 24.3 Å². The number of ether oxygens (including phenoxy) is 1. The SMILES string of the molecule is COc1ccc(CNC[C@H](O)c2ccc(OS(C)(=O)=O)cc2)cc1. The monoisotopic (exact) mass is 351 g/mol. The molecule has 0 fully saturated rings. The maximum absolute atomic E-state index is 11.0. The van der Waals surface area contributed by atoms with Gasteiger partial charge in [0.05, 0.1) is 19.5 Å². The average Bonchev–Trinajstić information content (AvgIpc) is 2.54. The van der Waals surface area contributed by atoms with Crippen molar-refractivity contribution in [1.29, 1.82) is 0 Å². The second-order valence-electron chi connectivity index (χ2n) is 5.35. The third-order valence-corrected chi connectivity index (χ3v) is 3.83. The molecule has 0 aliphatic heterocycles. The van der Waals surface area contributed by atoms with Crippen LogP contribution in [0.3, 0.4) is 0 Å². The lowest BCUT2D eigenvalue weighted by molar-refractivity contribution is 0.174. The Morgan fingerprint density at radius 2 is 1.62 bits per heavy atom. The van der Waals surface area contributed by atoms with Crippen LogP contribution in [0.25, 0.3) is 0 Å². The summed E-state index contributed by atoms with van der Waals surface area (Å²) in [5.74, 6) is 1.02. The molecule has 2 aromatic carbocycles. The Morgan fingerprint density at radius 1 is 1.04 bits per heavy atom. The number of hydrogen-bond acceptors (Lipinski definition) is 6. The van der Waals surface area contributed by atoms with Gasteiger partial charge in [0.15, 0.2) is 0 Å². The van der Waals surface area contributed by atoms with Crippen LogP contribution in [0.4, 0.5) is 0 Å². The van der Waals surface area contributed by atoms with Crippen LogP contribution < -0.4 is 14.2 Å². The van der Waals surface area contributed by atoms with Gasteiger partial charge in [-0.25, -0.2) is 0 Å². The number of aliphatic hydroxyl groups is 1. The lowest BCUT2D eigenvalue weighted by Crippen LogP contribution is -2.21. The molecule has 0 amide bonds. The topological polar surface area (TPSA) is 84.9 Å². The first kappa shape index (κ1) is 18.3. The van der Waals surface area contributed by atoms with E-state index in [2.05, 4.69) is 5.32 Å². The van der Waals surface area contributed by atoms with Gasteiger partial charge in [-0.15, -0.1) is 0 Å². The van der Waals surface area contributed by atoms with Crippen LogP contribution in [0.5, 0.6) is 11.5 Å². The summed E-state index contributed by atoms with van der Waals surface area (Å²) in [6.07, 6.45) is 0.286. The van der Waals surface area contributed by atoms with Crippen molar-refractivity contribution >= 4 is 10.1 Å². The van der Waals surface area contributed by atoms with Crippen molar-refractivity contribution in [2.24, 2.45) is 0 Å². The van der Waals surface area contributed by atoms with Crippen LogP contribution in [-0.4, -0.2) is 33.4 Å². The van der Waals surface area contributed by atoms with Gasteiger partial charge in [0, 0.05) is 13.1 Å². The first-order valence-corrected chi connectivity index (χ1v) is 9.20. The summed E-state index contributed by atoms with van der Waals surface area (Å²) in [5.41, 5.74) is 1.76. The van der Waals surface area contributed by atoms with Gasteiger partial charge in [0.2, 0.25) is 0 Å². The molecule has 0 heterocycles. The zero-order valence-corrected chi connectivity index (χ0v) is 14.4. The molecule has 6 nitrogen and oxygen atoms in total. The van der Waals surface area contributed by atoms with Crippen molar-refractivity contribution in [3.63, 3.8) is 0 Å². The smallest absolute Gasteiger partial charge is 0.306 e. The molecule has 0 aliphatic rings. The zero-order chi connectivity index (χ0) is 17.6. The number of nitrogens with one attached hydrogen (secondary N) is 1. The first-order valence-electron chi connectivity index (χ1n) is 7.38. The predicted octanol–water partition coefficient (Wildman–Crippen LogP) is 1.86. The third-order valence-electron chi connectivity index (χ3n) is 3.34. The fourth-order valence-corrected chi connectivity index (χ4v) is 2.60. The van der Waals surface area contributed by atoms with Crippen molar-refractivity contribution in [1.82, 2.24) is 5.32 Å². The highest BCUT2D eigenvalue weighted by Gasteiger charge is 2.09. The molecule has 2 aromatic rings. The maximum Gasteiger partial charge on any atom is 0.306 e. The van der Waals surface area contributed by atoms with E-state index in [0.717, 1.165) is 17.6 Å². The van der Waals surface area contributed by atoms with Crippen molar-refractivity contribution in [2.75, 3.05) is 19.9 Å². The Hall–Kier alpha value is -2.09. The zero-order valence-electron chi connectivity index (χ0n) is 13.6. The molecule has 2 N–H and O–H groups in total. The van der Waals surface area contributed by atoms with Crippen molar-refractivity contribution in [2.45, 2.75) is 12.6 Å². The fraction of sp³-hybridized carbons (Fsp3) is 0.294. The van der Waals surface area contributed by atoms with Crippen LogP contribution in [0.15, 0.2) is 48.5 Å². The van der Waals surface area contributed by atoms with Gasteiger partial charge < -0.3 is 19.3 Å². The first-order chi connectivity index (χ1) is 11.4. The minimum absolute atomic E-state index is 0.222. The lowest BCUT2D eigenvalue weighted by Gasteiger charge is -2.13. The molecule has 0 aromatic heterocycles. The molecule has 24 heavy (non-hydrogen) atoms. The van der Waals surface area contributed by atoms with E-state index in [9.17, 15) is 13.5 Å². The van der Waals surface area contributed by atoms with Gasteiger partial charge in [0.25, 0.3) is 0 Å². The van der Waals surface area contributed by atoms with Gasteiger partial charge in [-0.3, -0.25) is 0 Å². The maximum atomic E-state index is 11.0. The molecule has 130 valence electrons. The summed E-state index contributed by atoms with van der Waals surface area (Å²) >= 11 is 0. The van der Waals surface area contributed by atoms with E-state index in [1.54, 1.807) is 19.2 Å². The fourth-order valence-electron chi connectivity index (χ4n) is 2.13. The highest BCUT2D eigenvalue weighted by Crippen LogP contribution is 2.18. The van der Waals surface area contributed by atoms with Gasteiger partial charge in [0.1, 0.15) is 11.5 Å². The average molecular weight is 351 g/mol. The van der Waals surface area contributed by atoms with Crippen LogP contribution >= 0.6 is 0 Å². The largest absolute Gasteiger partial charge is 0.497 e. The number of benzene rings is 2. The molecule has 0 saturated carbocycles. The summed E-state index contributed by atoms with van der Waals surface area (Å²) in [4.78, 5) is 0. The molecule has 1 atom stereocenters. The highest BCUT2D eigenvalue weighted by atomic mass is 32.2. The Morgan fingerprint density at radius 3 is 2.17 bits per heavy atom. The van der Waals surface area contributed by atoms with Gasteiger partial charge in [-0.05, 0) is 35.4 Å². The molecule has 0 aliphatic carbocycles. The third kappa shape index (κ3) is 5.84. The summed E-state index contributed by atoms with van der Waals surface area (Å²) < 4.78 is 32.0. The molecular weight excluding hydrogens is 330 g/mol. The van der Waals surface area contributed by atoms with Crippen LogP contribution in [0.1, 0.15) is 17.2 Å². The Bertz CT molecular complexity index is 742. The van der Waals surface area contributed by atoms with E-state index < -0.39 is 16.2 Å². The molecule has 0 unspecified atom stereocenters. The van der Waals surface area contributed by atoms with Crippen molar-refractivity contribution in [3.8, 4) is 11.5 Å². The predicted molar refractivity (Wildman–Crippen MR) is 91.6 cm³/mol. The van der Waals surface area contributed by atoms with Crippen LogP contribution in [-0.2, 0) is 16.7 Å². The van der Waals surface area contributed by atoms with E-state index in [-0.39, 0.29) is 5.75 Å². The molecule has 0 spiro atoms. The quantitative estimate of drug-likeness (QED) is 0.706. The normalized spacial score (nSPS) is 12.6. The van der Waals surface area contributed by atoms with Crippen molar-refractivity contribution < 1.29 is 22.4 Å². The number of aliphatic hydroxyl groups excluding tert-OH is 1. The Labute approximate surface area is 142 Å². The van der Waals surface area contributed by atoms with Gasteiger partial charge >= 0.3 is 10.1 Å². The molecule has 0 bridgehead atoms. The van der Waals surface area contributed by atoms with E-state index in [0.29, 0.717) is 18.7 Å². The number of methoxy groups -OCH3 is 1. The van der Waals surface area contributed by atoms with E-state index in [1.807, 2.05) is 24.3 Å². The second-order valence-corrected chi connectivity index (χ2v) is 6.93. The molecular formula is C17H21NO5S. The van der Waals surface area contributed by atoms with Crippen LogP contribution in [0, 0.1) is 0 Å². The summed E-state index contributed by atoms with van der Waals surface area (Å²) in [6, 6.07) is 14.0. The lowest BCUT2D eigenvalue weighted by atomic mass is 10.1. The van der Waals surface area contributed by atoms with E-state index >= 15 is 0 Å². The van der Waals surface area contributed by atoms with Gasteiger partial charge in [-0.2, -0.15) is 8.42 Å². The number of hydrogen-bond donors (Lipinski definition) is 2. The minimum Gasteiger partial charge on any atom is -0.497 e.